The maximum Gasteiger partial charge on any atom is 0.324 e. The molecule has 1 aliphatic heterocycles. The first-order valence-electron chi connectivity index (χ1n) is 6.41. The van der Waals surface area contributed by atoms with Gasteiger partial charge in [-0.2, -0.15) is 4.74 Å². The van der Waals surface area contributed by atoms with Gasteiger partial charge in [0, 0.05) is 12.6 Å². The van der Waals surface area contributed by atoms with Crippen molar-refractivity contribution >= 4 is 17.3 Å². The van der Waals surface area contributed by atoms with E-state index in [2.05, 4.69) is 0 Å². The van der Waals surface area contributed by atoms with Gasteiger partial charge in [0.05, 0.1) is 11.3 Å². The van der Waals surface area contributed by atoms with Crippen LogP contribution in [0, 0.1) is 5.21 Å². The first-order chi connectivity index (χ1) is 9.68. The van der Waals surface area contributed by atoms with Gasteiger partial charge < -0.3 is 10.1 Å². The summed E-state index contributed by atoms with van der Waals surface area (Å²) in [5, 5.41) is 12.4. The van der Waals surface area contributed by atoms with Crippen molar-refractivity contribution in [1.29, 1.82) is 0 Å². The number of carbonyl (C=O) groups excluding carboxylic acids is 1. The van der Waals surface area contributed by atoms with E-state index in [9.17, 15) is 10.0 Å². The fraction of sp³-hybridized carbons (Fsp3) is 0.125. The molecule has 20 heavy (non-hydrogen) atoms. The molecule has 0 spiro atoms. The second kappa shape index (κ2) is 4.81. The minimum Gasteiger partial charge on any atom is -0.623 e. The third-order valence-corrected chi connectivity index (χ3v) is 3.45. The Labute approximate surface area is 117 Å². The van der Waals surface area contributed by atoms with Crippen molar-refractivity contribution in [3.8, 4) is 0 Å². The highest BCUT2D eigenvalue weighted by atomic mass is 16.5. The van der Waals surface area contributed by atoms with Gasteiger partial charge >= 0.3 is 5.91 Å². The van der Waals surface area contributed by atoms with E-state index >= 15 is 0 Å². The van der Waals surface area contributed by atoms with Crippen LogP contribution in [-0.2, 0) is 11.3 Å². The molecule has 0 N–H and O–H groups in total. The molecule has 4 heteroatoms. The number of nitrogens with zero attached hydrogens (tertiary/aromatic N) is 2. The molecule has 100 valence electrons. The predicted octanol–water partition coefficient (Wildman–Crippen LogP) is 2.16. The van der Waals surface area contributed by atoms with Crippen LogP contribution in [0.25, 0.3) is 0 Å². The number of carbonyl (C=O) groups is 1. The van der Waals surface area contributed by atoms with Gasteiger partial charge in [0.1, 0.15) is 0 Å². The largest absolute Gasteiger partial charge is 0.623 e. The van der Waals surface area contributed by atoms with E-state index in [4.69, 9.17) is 0 Å². The minimum absolute atomic E-state index is 0.171. The van der Waals surface area contributed by atoms with Crippen molar-refractivity contribution in [2.24, 2.45) is 0 Å². The van der Waals surface area contributed by atoms with Crippen molar-refractivity contribution < 1.29 is 9.53 Å². The lowest BCUT2D eigenvalue weighted by Crippen LogP contribution is -2.30. The Balaban J connectivity index is 2.04. The van der Waals surface area contributed by atoms with Crippen LogP contribution in [-0.4, -0.2) is 23.4 Å². The average Bonchev–Trinajstić information content (AvgIpc) is 2.72. The zero-order valence-corrected chi connectivity index (χ0v) is 11.1. The molecule has 2 aromatic rings. The molecule has 2 aromatic carbocycles. The minimum atomic E-state index is -0.253. The lowest BCUT2D eigenvalue weighted by Gasteiger charge is -2.08. The fourth-order valence-corrected chi connectivity index (χ4v) is 2.42. The summed E-state index contributed by atoms with van der Waals surface area (Å²) in [5.41, 5.74) is 2.58. The van der Waals surface area contributed by atoms with Crippen LogP contribution in [0.15, 0.2) is 54.6 Å². The van der Waals surface area contributed by atoms with Gasteiger partial charge in [0.15, 0.2) is 6.54 Å². The summed E-state index contributed by atoms with van der Waals surface area (Å²) in [6, 6.07) is 16.8. The van der Waals surface area contributed by atoms with E-state index in [1.807, 2.05) is 54.6 Å². The van der Waals surface area contributed by atoms with Gasteiger partial charge in [-0.3, -0.25) is 4.79 Å². The third-order valence-electron chi connectivity index (χ3n) is 3.45. The summed E-state index contributed by atoms with van der Waals surface area (Å²) in [6.07, 6.45) is 0. The van der Waals surface area contributed by atoms with Crippen LogP contribution in [0.5, 0.6) is 0 Å². The third kappa shape index (κ3) is 1.95. The number of rotatable bonds is 2. The monoisotopic (exact) mass is 266 g/mol. The number of fused-ring (bicyclic) bond motifs is 1. The zero-order chi connectivity index (χ0) is 14.1. The summed E-state index contributed by atoms with van der Waals surface area (Å²) in [7, 11) is 1.69. The molecule has 3 rings (SSSR count). The van der Waals surface area contributed by atoms with Gasteiger partial charge in [-0.15, -0.1) is 0 Å². The summed E-state index contributed by atoms with van der Waals surface area (Å²) in [6.45, 7) is 0.171. The molecule has 0 radical (unpaired) electrons. The van der Waals surface area contributed by atoms with Crippen molar-refractivity contribution in [1.82, 2.24) is 0 Å². The van der Waals surface area contributed by atoms with Crippen LogP contribution in [0.1, 0.15) is 11.1 Å². The molecule has 0 aliphatic carbocycles. The van der Waals surface area contributed by atoms with Crippen LogP contribution in [0.2, 0.25) is 0 Å². The SMILES string of the molecule is CN1C(=O)/C(=[N+](\[O-])Cc2ccccc2)c2ccccc21. The van der Waals surface area contributed by atoms with Gasteiger partial charge in [-0.25, -0.2) is 0 Å². The van der Waals surface area contributed by atoms with Gasteiger partial charge in [-0.1, -0.05) is 42.5 Å². The standard InChI is InChI=1S/C16H14N2O2/c1-17-14-10-6-5-9-13(14)15(16(17)19)18(20)11-12-7-3-2-4-8-12/h2-10H,11H2,1H3/b18-15-. The number of para-hydroxylation sites is 1. The highest BCUT2D eigenvalue weighted by molar-refractivity contribution is 6.52. The molecular weight excluding hydrogens is 252 g/mol. The van der Waals surface area contributed by atoms with Crippen molar-refractivity contribution in [2.75, 3.05) is 11.9 Å². The molecule has 0 unspecified atom stereocenters. The van der Waals surface area contributed by atoms with Crippen molar-refractivity contribution in [3.63, 3.8) is 0 Å². The Morgan fingerprint density at radius 3 is 2.45 bits per heavy atom. The van der Waals surface area contributed by atoms with Gasteiger partial charge in [-0.05, 0) is 12.1 Å². The Hall–Kier alpha value is -2.62. The van der Waals surface area contributed by atoms with Crippen molar-refractivity contribution in [3.05, 3.63) is 70.9 Å². The Morgan fingerprint density at radius 1 is 1.05 bits per heavy atom. The second-order valence-corrected chi connectivity index (χ2v) is 4.75. The number of benzene rings is 2. The Morgan fingerprint density at radius 2 is 1.70 bits per heavy atom. The van der Waals surface area contributed by atoms with Crippen molar-refractivity contribution in [2.45, 2.75) is 6.54 Å². The van der Waals surface area contributed by atoms with Gasteiger partial charge in [0.25, 0.3) is 5.71 Å². The smallest absolute Gasteiger partial charge is 0.324 e. The van der Waals surface area contributed by atoms with Gasteiger partial charge in [0.2, 0.25) is 0 Å². The van der Waals surface area contributed by atoms with E-state index in [-0.39, 0.29) is 18.2 Å². The molecule has 1 heterocycles. The topological polar surface area (TPSA) is 46.4 Å². The fourth-order valence-electron chi connectivity index (χ4n) is 2.42. The van der Waals surface area contributed by atoms with E-state index in [0.29, 0.717) is 5.56 Å². The normalized spacial score (nSPS) is 16.2. The molecule has 0 bridgehead atoms. The zero-order valence-electron chi connectivity index (χ0n) is 11.1. The molecule has 1 amide bonds. The van der Waals surface area contributed by atoms with E-state index in [1.54, 1.807) is 7.05 Å². The molecule has 0 fully saturated rings. The lowest BCUT2D eigenvalue weighted by molar-refractivity contribution is -0.473. The molecule has 0 saturated carbocycles. The maximum absolute atomic E-state index is 12.4. The van der Waals surface area contributed by atoms with Crippen LogP contribution in [0.3, 0.4) is 0 Å². The van der Waals surface area contributed by atoms with E-state index in [1.165, 1.54) is 4.90 Å². The Kier molecular flexibility index (Phi) is 2.99. The summed E-state index contributed by atoms with van der Waals surface area (Å²) in [4.78, 5) is 13.8. The van der Waals surface area contributed by atoms with E-state index < -0.39 is 0 Å². The first kappa shape index (κ1) is 12.4. The maximum atomic E-state index is 12.4. The number of hydrogen-bond acceptors (Lipinski definition) is 2. The number of hydrogen-bond donors (Lipinski definition) is 0. The molecule has 0 atom stereocenters. The summed E-state index contributed by atoms with van der Waals surface area (Å²) < 4.78 is 0.778. The summed E-state index contributed by atoms with van der Waals surface area (Å²) in [5.74, 6) is -0.253. The van der Waals surface area contributed by atoms with Crippen LogP contribution in [0.4, 0.5) is 5.69 Å². The number of anilines is 1. The lowest BCUT2D eigenvalue weighted by atomic mass is 10.1. The second-order valence-electron chi connectivity index (χ2n) is 4.75. The van der Waals surface area contributed by atoms with E-state index in [0.717, 1.165) is 16.0 Å². The van der Waals surface area contributed by atoms with Crippen LogP contribution >= 0.6 is 0 Å². The molecular formula is C16H14N2O2. The number of amides is 1. The number of hydroxylamine groups is 1. The molecule has 0 saturated heterocycles. The quantitative estimate of drug-likeness (QED) is 0.475. The molecule has 4 nitrogen and oxygen atoms in total. The molecule has 0 aromatic heterocycles. The highest BCUT2D eigenvalue weighted by Gasteiger charge is 2.37. The Bertz CT molecular complexity index is 693. The molecule has 1 aliphatic rings. The summed E-state index contributed by atoms with van der Waals surface area (Å²) >= 11 is 0. The predicted molar refractivity (Wildman–Crippen MR) is 77.7 cm³/mol. The number of likely N-dealkylation sites (N-methyl/N-ethyl adjacent to an activating group) is 1. The highest BCUT2D eigenvalue weighted by Crippen LogP contribution is 2.27. The average molecular weight is 266 g/mol. The van der Waals surface area contributed by atoms with Crippen LogP contribution < -0.4 is 4.90 Å². The first-order valence-corrected chi connectivity index (χ1v) is 6.41.